The number of aromatic nitrogens is 6. The molecule has 0 bridgehead atoms. The molecular weight excluding hydrogens is 450 g/mol. The van der Waals surface area contributed by atoms with Crippen LogP contribution in [0.3, 0.4) is 0 Å². The lowest BCUT2D eigenvalue weighted by atomic mass is 10.0. The smallest absolute Gasteiger partial charge is 0.329 e. The number of carbonyl (C=O) groups excluding carboxylic acids is 1. The molecule has 1 aliphatic rings. The van der Waals surface area contributed by atoms with Crippen molar-refractivity contribution < 1.29 is 9.90 Å². The number of nitrogens with zero attached hydrogens (tertiary/aromatic N) is 6. The lowest BCUT2D eigenvalue weighted by Crippen LogP contribution is -2.49. The Hall–Kier alpha value is -3.99. The van der Waals surface area contributed by atoms with E-state index in [1.165, 1.54) is 20.0 Å². The van der Waals surface area contributed by atoms with Crippen LogP contribution < -0.4 is 11.2 Å². The minimum Gasteiger partial charge on any atom is -0.381 e. The molecule has 180 valence electrons. The van der Waals surface area contributed by atoms with Gasteiger partial charge in [0.15, 0.2) is 0 Å². The van der Waals surface area contributed by atoms with Gasteiger partial charge in [-0.25, -0.2) is 19.7 Å². The summed E-state index contributed by atoms with van der Waals surface area (Å²) in [5.41, 5.74) is 0.149. The van der Waals surface area contributed by atoms with Gasteiger partial charge >= 0.3 is 5.69 Å². The van der Waals surface area contributed by atoms with Gasteiger partial charge in [-0.05, 0) is 45.7 Å². The maximum absolute atomic E-state index is 13.1. The van der Waals surface area contributed by atoms with E-state index in [1.54, 1.807) is 40.9 Å². The van der Waals surface area contributed by atoms with Crippen LogP contribution in [0.2, 0.25) is 0 Å². The molecule has 0 aromatic carbocycles. The zero-order valence-corrected chi connectivity index (χ0v) is 19.6. The number of likely N-dealkylation sites (tertiary alicyclic amines) is 1. The number of aromatic amines is 1. The molecule has 2 N–H and O–H groups in total. The minimum absolute atomic E-state index is 0.261. The predicted molar refractivity (Wildman–Crippen MR) is 129 cm³/mol. The fourth-order valence-electron chi connectivity index (χ4n) is 4.54. The van der Waals surface area contributed by atoms with E-state index in [4.69, 9.17) is 4.98 Å². The topological polar surface area (TPSA) is 147 Å². The van der Waals surface area contributed by atoms with Gasteiger partial charge in [0, 0.05) is 43.3 Å². The normalized spacial score (nSPS) is 15.1. The molecule has 0 atom stereocenters. The highest BCUT2D eigenvalue weighted by Crippen LogP contribution is 2.29. The van der Waals surface area contributed by atoms with Crippen molar-refractivity contribution in [3.05, 3.63) is 57.4 Å². The van der Waals surface area contributed by atoms with Crippen molar-refractivity contribution in [3.63, 3.8) is 0 Å². The number of H-pyrrole nitrogens is 1. The monoisotopic (exact) mass is 475 g/mol. The number of piperidine rings is 1. The van der Waals surface area contributed by atoms with Crippen LogP contribution in [0, 0.1) is 6.92 Å². The number of aliphatic hydroxyl groups is 1. The third-order valence-corrected chi connectivity index (χ3v) is 6.33. The van der Waals surface area contributed by atoms with Crippen LogP contribution in [0.5, 0.6) is 0 Å². The second kappa shape index (κ2) is 8.35. The van der Waals surface area contributed by atoms with Crippen molar-refractivity contribution in [2.75, 3.05) is 13.1 Å². The Kier molecular flexibility index (Phi) is 5.43. The maximum atomic E-state index is 13.1. The largest absolute Gasteiger partial charge is 0.381 e. The number of carbonyl (C=O) groups is 1. The second-order valence-electron chi connectivity index (χ2n) is 9.32. The first-order valence-electron chi connectivity index (χ1n) is 11.4. The second-order valence-corrected chi connectivity index (χ2v) is 9.32. The van der Waals surface area contributed by atoms with Crippen molar-refractivity contribution in [1.82, 2.24) is 34.4 Å². The zero-order chi connectivity index (χ0) is 24.9. The maximum Gasteiger partial charge on any atom is 0.329 e. The summed E-state index contributed by atoms with van der Waals surface area (Å²) in [5, 5.41) is 10.3. The molecule has 1 amide bonds. The molecule has 0 spiro atoms. The highest BCUT2D eigenvalue weighted by atomic mass is 16.3. The first-order valence-corrected chi connectivity index (χ1v) is 11.4. The summed E-state index contributed by atoms with van der Waals surface area (Å²) in [6.45, 7) is 5.47. The Morgan fingerprint density at radius 2 is 1.77 bits per heavy atom. The predicted octanol–water partition coefficient (Wildman–Crippen LogP) is 1.33. The van der Waals surface area contributed by atoms with Crippen molar-refractivity contribution >= 4 is 27.8 Å². The molecule has 35 heavy (non-hydrogen) atoms. The molecular formula is C24H25N7O4. The van der Waals surface area contributed by atoms with Gasteiger partial charge in [0.25, 0.3) is 11.5 Å². The van der Waals surface area contributed by atoms with E-state index in [2.05, 4.69) is 19.9 Å². The van der Waals surface area contributed by atoms with Gasteiger partial charge in [-0.2, -0.15) is 0 Å². The first kappa shape index (κ1) is 22.8. The van der Waals surface area contributed by atoms with Gasteiger partial charge in [0.1, 0.15) is 16.9 Å². The number of aryl methyl sites for hydroxylation is 1. The number of fused-ring (bicyclic) bond motifs is 3. The molecule has 4 aromatic rings. The van der Waals surface area contributed by atoms with Gasteiger partial charge < -0.3 is 10.0 Å². The van der Waals surface area contributed by atoms with Crippen LogP contribution in [0.15, 0.2) is 40.3 Å². The Morgan fingerprint density at radius 1 is 1.09 bits per heavy atom. The summed E-state index contributed by atoms with van der Waals surface area (Å²) >= 11 is 0. The Bertz CT molecular complexity index is 1560. The van der Waals surface area contributed by atoms with Crippen molar-refractivity contribution in [2.45, 2.75) is 45.3 Å². The Balaban J connectivity index is 1.64. The third kappa shape index (κ3) is 4.08. The van der Waals surface area contributed by atoms with Gasteiger partial charge in [0.05, 0.1) is 22.1 Å². The minimum atomic E-state index is -1.46. The summed E-state index contributed by atoms with van der Waals surface area (Å²) in [6, 6.07) is 3.31. The van der Waals surface area contributed by atoms with Gasteiger partial charge in [0.2, 0.25) is 0 Å². The number of amides is 1. The fraction of sp³-hybridized carbons (Fsp3) is 0.375. The highest BCUT2D eigenvalue weighted by molar-refractivity contribution is 6.01. The Labute approximate surface area is 199 Å². The van der Waals surface area contributed by atoms with Gasteiger partial charge in [-0.1, -0.05) is 0 Å². The zero-order valence-electron chi connectivity index (χ0n) is 19.6. The summed E-state index contributed by atoms with van der Waals surface area (Å²) in [4.78, 5) is 59.9. The lowest BCUT2D eigenvalue weighted by Gasteiger charge is -2.36. The van der Waals surface area contributed by atoms with E-state index in [1.807, 2.05) is 0 Å². The summed E-state index contributed by atoms with van der Waals surface area (Å²) in [7, 11) is 0. The summed E-state index contributed by atoms with van der Waals surface area (Å²) in [5.74, 6) is 0.285. The molecule has 1 saturated heterocycles. The fourth-order valence-corrected chi connectivity index (χ4v) is 4.54. The van der Waals surface area contributed by atoms with E-state index in [0.717, 1.165) is 0 Å². The van der Waals surface area contributed by atoms with Crippen molar-refractivity contribution in [3.8, 4) is 11.3 Å². The van der Waals surface area contributed by atoms with Crippen molar-refractivity contribution in [2.24, 2.45) is 0 Å². The summed E-state index contributed by atoms with van der Waals surface area (Å²) in [6.07, 6.45) is 5.76. The molecule has 1 aliphatic heterocycles. The summed E-state index contributed by atoms with van der Waals surface area (Å²) < 4.78 is 1.56. The number of rotatable bonds is 3. The van der Waals surface area contributed by atoms with Gasteiger partial charge in [-0.3, -0.25) is 24.1 Å². The molecule has 5 heterocycles. The average molecular weight is 476 g/mol. The molecule has 0 unspecified atom stereocenters. The molecule has 11 heteroatoms. The number of hydrogen-bond acceptors (Lipinski definition) is 8. The molecule has 4 aromatic heterocycles. The van der Waals surface area contributed by atoms with Gasteiger partial charge in [-0.15, -0.1) is 0 Å². The lowest BCUT2D eigenvalue weighted by molar-refractivity contribution is -0.149. The number of pyridine rings is 2. The molecule has 11 nitrogen and oxygen atoms in total. The molecule has 1 fully saturated rings. The van der Waals surface area contributed by atoms with Crippen LogP contribution in [-0.4, -0.2) is 64.1 Å². The third-order valence-electron chi connectivity index (χ3n) is 6.33. The standard InChI is InChI=1S/C24H25N7O4/c1-13-25-10-14(11-26-13)17-4-5-18-19(28-17)20-16(12-27-18)21(32)29-23(34)31(20)15-6-8-30(9-7-15)22(33)24(2,3)35/h4-5,10-12,15,35H,6-9H2,1-3H3,(H,29,32,34). The van der Waals surface area contributed by atoms with Crippen LogP contribution in [-0.2, 0) is 4.79 Å². The number of hydrogen-bond donors (Lipinski definition) is 2. The van der Waals surface area contributed by atoms with Crippen LogP contribution >= 0.6 is 0 Å². The van der Waals surface area contributed by atoms with E-state index in [0.29, 0.717) is 59.6 Å². The SMILES string of the molecule is Cc1ncc(-c2ccc3ncc4c(=O)[nH]c(=O)n(C5CCN(C(=O)C(C)(C)O)CC5)c4c3n2)cn1. The molecule has 5 rings (SSSR count). The molecule has 0 radical (unpaired) electrons. The molecule has 0 saturated carbocycles. The molecule has 0 aliphatic carbocycles. The quantitative estimate of drug-likeness (QED) is 0.422. The van der Waals surface area contributed by atoms with Crippen LogP contribution in [0.25, 0.3) is 33.2 Å². The highest BCUT2D eigenvalue weighted by Gasteiger charge is 2.33. The average Bonchev–Trinajstić information content (AvgIpc) is 2.83. The van der Waals surface area contributed by atoms with E-state index in [9.17, 15) is 19.5 Å². The van der Waals surface area contributed by atoms with Crippen LogP contribution in [0.1, 0.15) is 38.6 Å². The first-order chi connectivity index (χ1) is 16.6. The van der Waals surface area contributed by atoms with E-state index in [-0.39, 0.29) is 17.3 Å². The van der Waals surface area contributed by atoms with E-state index >= 15 is 0 Å². The Morgan fingerprint density at radius 3 is 2.43 bits per heavy atom. The van der Waals surface area contributed by atoms with Crippen LogP contribution in [0.4, 0.5) is 0 Å². The van der Waals surface area contributed by atoms with E-state index < -0.39 is 16.9 Å². The van der Waals surface area contributed by atoms with Crippen molar-refractivity contribution in [1.29, 1.82) is 0 Å². The number of nitrogens with one attached hydrogen (secondary N) is 1.